The highest BCUT2D eigenvalue weighted by Crippen LogP contribution is 2.55. The Morgan fingerprint density at radius 1 is 1.20 bits per heavy atom. The number of aryl methyl sites for hydroxylation is 1. The summed E-state index contributed by atoms with van der Waals surface area (Å²) in [6.45, 7) is 3.31. The average Bonchev–Trinajstić information content (AvgIpc) is 3.48. The lowest BCUT2D eigenvalue weighted by atomic mass is 10.1. The van der Waals surface area contributed by atoms with E-state index in [0.29, 0.717) is 17.7 Å². The van der Waals surface area contributed by atoms with Crippen molar-refractivity contribution in [2.75, 3.05) is 17.2 Å². The van der Waals surface area contributed by atoms with Crippen LogP contribution in [0.2, 0.25) is 5.02 Å². The Hall–Kier alpha value is -3.30. The molecule has 5 rings (SSSR count). The Balaban J connectivity index is 0.000000666. The first-order valence-corrected chi connectivity index (χ1v) is 14.5. The maximum absolute atomic E-state index is 15.4. The molecule has 3 heterocycles. The maximum atomic E-state index is 15.4. The minimum absolute atomic E-state index is 0.0105. The van der Waals surface area contributed by atoms with Gasteiger partial charge in [0.25, 0.3) is 5.56 Å². The third kappa shape index (κ3) is 6.88. The van der Waals surface area contributed by atoms with E-state index in [4.69, 9.17) is 17.3 Å². The molecule has 0 amide bonds. The molecule has 0 spiro atoms. The minimum Gasteiger partial charge on any atom is -0.396 e. The molecule has 1 aromatic carbocycles. The molecule has 1 aliphatic carbocycles. The summed E-state index contributed by atoms with van der Waals surface area (Å²) in [6.07, 6.45) is 10.1. The van der Waals surface area contributed by atoms with Crippen molar-refractivity contribution < 1.29 is 13.2 Å². The van der Waals surface area contributed by atoms with E-state index in [0.717, 1.165) is 22.5 Å². The monoisotopic (exact) mass is 586 g/mol. The van der Waals surface area contributed by atoms with Crippen LogP contribution in [-0.4, -0.2) is 26.8 Å². The van der Waals surface area contributed by atoms with Crippen LogP contribution >= 0.6 is 23.4 Å². The molecule has 1 saturated carbocycles. The van der Waals surface area contributed by atoms with Gasteiger partial charge < -0.3 is 5.73 Å². The van der Waals surface area contributed by atoms with Crippen LogP contribution in [0.3, 0.4) is 0 Å². The van der Waals surface area contributed by atoms with Crippen molar-refractivity contribution in [3.05, 3.63) is 110 Å². The van der Waals surface area contributed by atoms with Gasteiger partial charge in [0, 0.05) is 23.7 Å². The number of nitrogen functional groups attached to an aromatic ring is 1. The number of nitrogens with zero attached hydrogens (tertiary/aromatic N) is 3. The molecule has 210 valence electrons. The van der Waals surface area contributed by atoms with E-state index < -0.39 is 23.0 Å². The molecular formula is C30H30ClF3N4OS. The summed E-state index contributed by atoms with van der Waals surface area (Å²) in [6, 6.07) is 7.30. The third-order valence-corrected chi connectivity index (χ3v) is 8.22. The molecule has 2 unspecified atom stereocenters. The normalized spacial score (nSPS) is 19.1. The highest BCUT2D eigenvalue weighted by molar-refractivity contribution is 7.99. The van der Waals surface area contributed by atoms with Gasteiger partial charge in [0.15, 0.2) is 11.6 Å². The van der Waals surface area contributed by atoms with Gasteiger partial charge in [-0.1, -0.05) is 23.7 Å². The van der Waals surface area contributed by atoms with Gasteiger partial charge in [-0.2, -0.15) is 11.8 Å². The van der Waals surface area contributed by atoms with E-state index >= 15 is 4.39 Å². The number of hydrogen-bond donors (Lipinski definition) is 1. The molecule has 3 aromatic rings. The van der Waals surface area contributed by atoms with Crippen LogP contribution in [0.25, 0.3) is 6.20 Å². The number of pyridine rings is 2. The molecule has 0 bridgehead atoms. The topological polar surface area (TPSA) is 73.3 Å². The first-order valence-electron chi connectivity index (χ1n) is 12.9. The fraction of sp³-hybridized carbons (Fsp3) is 0.300. The van der Waals surface area contributed by atoms with Crippen molar-refractivity contribution in [1.29, 1.82) is 0 Å². The second-order valence-corrected chi connectivity index (χ2v) is 11.2. The number of thioether (sulfide) groups is 1. The number of nitrogens with two attached hydrogens (primary N) is 1. The first-order chi connectivity index (χ1) is 19.2. The standard InChI is InChI=1S/C26H22ClF3N4O.C4H8S/c1-3-7-33-25(17-5-4-6-22(31)24(17)30)21(29)13-34-14(2)8-20(23(27)26(34)35)19-10-18(19)15-9-16(28)12-32-11-15;1-2-4-5-3-1/h3-9,11-13,18-19H,10,31H2,1-2H3;1-4H2/b7-3+,21-13-,33-25+;. The fourth-order valence-corrected chi connectivity index (χ4v) is 5.85. The maximum Gasteiger partial charge on any atom is 0.273 e. The van der Waals surface area contributed by atoms with Crippen LogP contribution in [0.1, 0.15) is 60.4 Å². The molecule has 40 heavy (non-hydrogen) atoms. The Kier molecular flexibility index (Phi) is 9.92. The van der Waals surface area contributed by atoms with Gasteiger partial charge in [-0.25, -0.2) is 13.2 Å². The van der Waals surface area contributed by atoms with Gasteiger partial charge in [0.2, 0.25) is 0 Å². The highest BCUT2D eigenvalue weighted by atomic mass is 35.5. The molecule has 2 aliphatic rings. The van der Waals surface area contributed by atoms with Gasteiger partial charge in [-0.3, -0.25) is 19.3 Å². The Bertz CT molecular complexity index is 1520. The van der Waals surface area contributed by atoms with Crippen LogP contribution in [-0.2, 0) is 0 Å². The lowest BCUT2D eigenvalue weighted by Gasteiger charge is -2.12. The summed E-state index contributed by atoms with van der Waals surface area (Å²) >= 11 is 8.48. The zero-order valence-electron chi connectivity index (χ0n) is 22.2. The second kappa shape index (κ2) is 13.4. The van der Waals surface area contributed by atoms with Crippen LogP contribution in [0.5, 0.6) is 0 Å². The number of allylic oxidation sites excluding steroid dienone is 2. The van der Waals surface area contributed by atoms with E-state index in [1.807, 2.05) is 0 Å². The lowest BCUT2D eigenvalue weighted by Crippen LogP contribution is -2.21. The summed E-state index contributed by atoms with van der Waals surface area (Å²) < 4.78 is 44.6. The second-order valence-electron chi connectivity index (χ2n) is 9.58. The molecule has 2 N–H and O–H groups in total. The summed E-state index contributed by atoms with van der Waals surface area (Å²) in [5, 5.41) is -0.0569. The summed E-state index contributed by atoms with van der Waals surface area (Å²) in [5.74, 6) is 0.552. The molecule has 2 fully saturated rings. The number of anilines is 1. The van der Waals surface area contributed by atoms with Gasteiger partial charge >= 0.3 is 0 Å². The number of halogens is 4. The van der Waals surface area contributed by atoms with Crippen LogP contribution in [0.4, 0.5) is 18.9 Å². The highest BCUT2D eigenvalue weighted by Gasteiger charge is 2.41. The van der Waals surface area contributed by atoms with Crippen LogP contribution < -0.4 is 11.3 Å². The van der Waals surface area contributed by atoms with Crippen molar-refractivity contribution in [2.24, 2.45) is 4.99 Å². The van der Waals surface area contributed by atoms with E-state index in [9.17, 15) is 13.6 Å². The summed E-state index contributed by atoms with van der Waals surface area (Å²) in [7, 11) is 0. The average molecular weight is 587 g/mol. The van der Waals surface area contributed by atoms with Gasteiger partial charge in [0.05, 0.1) is 18.1 Å². The van der Waals surface area contributed by atoms with E-state index in [1.165, 1.54) is 54.8 Å². The SMILES string of the molecule is C/C=C/N=C(/C(F)=C/n1c(C)cc(C2CC2c2cncc(F)c2)c(Cl)c1=O)c1cccc(N)c1F.C1CCSC1. The van der Waals surface area contributed by atoms with Crippen molar-refractivity contribution in [2.45, 2.75) is 44.9 Å². The molecule has 5 nitrogen and oxygen atoms in total. The van der Waals surface area contributed by atoms with Gasteiger partial charge in [-0.15, -0.1) is 0 Å². The zero-order chi connectivity index (χ0) is 28.8. The Morgan fingerprint density at radius 3 is 2.60 bits per heavy atom. The van der Waals surface area contributed by atoms with E-state index in [-0.39, 0.29) is 33.8 Å². The minimum atomic E-state index is -0.947. The van der Waals surface area contributed by atoms with E-state index in [1.54, 1.807) is 32.2 Å². The Morgan fingerprint density at radius 2 is 1.95 bits per heavy atom. The number of aliphatic imine (C=N–C) groups is 1. The molecule has 1 saturated heterocycles. The predicted molar refractivity (Wildman–Crippen MR) is 159 cm³/mol. The largest absolute Gasteiger partial charge is 0.396 e. The number of rotatable bonds is 6. The van der Waals surface area contributed by atoms with Crippen molar-refractivity contribution in [3.8, 4) is 0 Å². The zero-order valence-corrected chi connectivity index (χ0v) is 23.8. The van der Waals surface area contributed by atoms with Crippen LogP contribution in [0, 0.1) is 18.6 Å². The molecule has 0 radical (unpaired) electrons. The summed E-state index contributed by atoms with van der Waals surface area (Å²) in [5.41, 5.74) is 6.15. The predicted octanol–water partition coefficient (Wildman–Crippen LogP) is 7.64. The molecule has 2 atom stereocenters. The third-order valence-electron chi connectivity index (χ3n) is 6.68. The molecular weight excluding hydrogens is 557 g/mol. The number of aromatic nitrogens is 2. The van der Waals surface area contributed by atoms with Crippen molar-refractivity contribution in [1.82, 2.24) is 9.55 Å². The van der Waals surface area contributed by atoms with Gasteiger partial charge in [-0.05, 0) is 91.8 Å². The van der Waals surface area contributed by atoms with Gasteiger partial charge in [0.1, 0.15) is 16.6 Å². The molecule has 1 aliphatic heterocycles. The number of hydrogen-bond acceptors (Lipinski definition) is 5. The summed E-state index contributed by atoms with van der Waals surface area (Å²) in [4.78, 5) is 21.0. The van der Waals surface area contributed by atoms with E-state index in [2.05, 4.69) is 21.7 Å². The van der Waals surface area contributed by atoms with Crippen molar-refractivity contribution >= 4 is 41.0 Å². The fourth-order valence-electron chi connectivity index (χ4n) is 4.54. The molecule has 2 aromatic heterocycles. The van der Waals surface area contributed by atoms with Crippen molar-refractivity contribution in [3.63, 3.8) is 0 Å². The first kappa shape index (κ1) is 29.7. The quantitative estimate of drug-likeness (QED) is 0.238. The Labute approximate surface area is 240 Å². The van der Waals surface area contributed by atoms with Crippen LogP contribution in [0.15, 0.2) is 70.6 Å². The smallest absolute Gasteiger partial charge is 0.273 e. The number of benzene rings is 1. The lowest BCUT2D eigenvalue weighted by molar-refractivity contribution is 0.618. The molecule has 10 heteroatoms.